The van der Waals surface area contributed by atoms with Gasteiger partial charge in [0, 0.05) is 17.6 Å². The van der Waals surface area contributed by atoms with E-state index in [1.54, 1.807) is 7.11 Å². The van der Waals surface area contributed by atoms with Gasteiger partial charge in [0.15, 0.2) is 0 Å². The largest absolute Gasteiger partial charge is 0.497 e. The zero-order chi connectivity index (χ0) is 15.2. The number of nitrogens with zero attached hydrogens (tertiary/aromatic N) is 1. The summed E-state index contributed by atoms with van der Waals surface area (Å²) < 4.78 is 6.07. The number of benzene rings is 1. The molecule has 0 N–H and O–H groups in total. The lowest BCUT2D eigenvalue weighted by molar-refractivity contribution is 0.0758. The third-order valence-electron chi connectivity index (χ3n) is 4.24. The maximum absolute atomic E-state index is 12.7. The summed E-state index contributed by atoms with van der Waals surface area (Å²) >= 11 is 3.48. The Balaban J connectivity index is 2.09. The van der Waals surface area contributed by atoms with Crippen LogP contribution in [0.5, 0.6) is 5.75 Å². The molecule has 21 heavy (non-hydrogen) atoms. The van der Waals surface area contributed by atoms with Crippen LogP contribution in [0, 0.1) is 5.92 Å². The van der Waals surface area contributed by atoms with Crippen molar-refractivity contribution >= 4 is 21.8 Å². The molecule has 1 amide bonds. The van der Waals surface area contributed by atoms with E-state index in [4.69, 9.17) is 4.74 Å². The highest BCUT2D eigenvalue weighted by molar-refractivity contribution is 9.10. The van der Waals surface area contributed by atoms with Crippen LogP contribution in [0.25, 0.3) is 0 Å². The van der Waals surface area contributed by atoms with Crippen molar-refractivity contribution in [3.05, 3.63) is 28.2 Å². The number of carbonyl (C=O) groups excluding carboxylic acids is 1. The fourth-order valence-corrected chi connectivity index (χ4v) is 3.45. The molecule has 1 aromatic carbocycles. The molecule has 1 heterocycles. The lowest BCUT2D eigenvalue weighted by Crippen LogP contribution is -2.32. The number of rotatable bonds is 4. The summed E-state index contributed by atoms with van der Waals surface area (Å²) in [7, 11) is 1.62. The Morgan fingerprint density at radius 2 is 2.19 bits per heavy atom. The topological polar surface area (TPSA) is 29.5 Å². The standard InChI is InChI=1S/C17H24BrNO2/c1-3-5-13-6-4-10-19(11-9-13)17(20)15-12-14(21-2)7-8-16(15)18/h7-8,12-13H,3-6,9-11H2,1-2H3. The zero-order valence-electron chi connectivity index (χ0n) is 12.9. The molecule has 0 aromatic heterocycles. The van der Waals surface area contributed by atoms with Crippen molar-refractivity contribution in [1.29, 1.82) is 0 Å². The average Bonchev–Trinajstić information content (AvgIpc) is 2.73. The maximum atomic E-state index is 12.7. The van der Waals surface area contributed by atoms with Crippen LogP contribution in [-0.4, -0.2) is 31.0 Å². The van der Waals surface area contributed by atoms with Crippen molar-refractivity contribution in [2.45, 2.75) is 39.0 Å². The van der Waals surface area contributed by atoms with Crippen LogP contribution in [-0.2, 0) is 0 Å². The Hall–Kier alpha value is -1.03. The van der Waals surface area contributed by atoms with Gasteiger partial charge in [0.2, 0.25) is 0 Å². The molecule has 1 atom stereocenters. The molecule has 1 fully saturated rings. The fourth-order valence-electron chi connectivity index (χ4n) is 3.03. The SMILES string of the molecule is CCCC1CCCN(C(=O)c2cc(OC)ccc2Br)CC1. The van der Waals surface area contributed by atoms with E-state index < -0.39 is 0 Å². The van der Waals surface area contributed by atoms with Crippen molar-refractivity contribution in [2.75, 3.05) is 20.2 Å². The molecule has 0 aliphatic carbocycles. The number of hydrogen-bond donors (Lipinski definition) is 0. The van der Waals surface area contributed by atoms with Crippen molar-refractivity contribution in [3.8, 4) is 5.75 Å². The van der Waals surface area contributed by atoms with E-state index >= 15 is 0 Å². The highest BCUT2D eigenvalue weighted by Gasteiger charge is 2.22. The van der Waals surface area contributed by atoms with Crippen LogP contribution in [0.2, 0.25) is 0 Å². The molecule has 0 bridgehead atoms. The van der Waals surface area contributed by atoms with Crippen LogP contribution >= 0.6 is 15.9 Å². The zero-order valence-corrected chi connectivity index (χ0v) is 14.5. The lowest BCUT2D eigenvalue weighted by Gasteiger charge is -2.21. The molecule has 2 rings (SSSR count). The Kier molecular flexibility index (Phi) is 6.09. The molecular formula is C17H24BrNO2. The van der Waals surface area contributed by atoms with E-state index in [0.29, 0.717) is 5.56 Å². The number of carbonyl (C=O) groups is 1. The van der Waals surface area contributed by atoms with Crippen LogP contribution < -0.4 is 4.74 Å². The second-order valence-corrected chi connectivity index (χ2v) is 6.58. The van der Waals surface area contributed by atoms with Gasteiger partial charge >= 0.3 is 0 Å². The number of ether oxygens (including phenoxy) is 1. The number of amides is 1. The highest BCUT2D eigenvalue weighted by atomic mass is 79.9. The van der Waals surface area contributed by atoms with Crippen molar-refractivity contribution in [2.24, 2.45) is 5.92 Å². The second-order valence-electron chi connectivity index (χ2n) is 5.72. The third-order valence-corrected chi connectivity index (χ3v) is 4.93. The third kappa shape index (κ3) is 4.22. The molecule has 1 saturated heterocycles. The Labute approximate surface area is 135 Å². The summed E-state index contributed by atoms with van der Waals surface area (Å²) in [4.78, 5) is 14.7. The number of likely N-dealkylation sites (tertiary alicyclic amines) is 1. The van der Waals surface area contributed by atoms with E-state index in [1.165, 1.54) is 19.3 Å². The minimum atomic E-state index is 0.109. The van der Waals surface area contributed by atoms with Gasteiger partial charge in [0.05, 0.1) is 12.7 Å². The highest BCUT2D eigenvalue weighted by Crippen LogP contribution is 2.27. The van der Waals surface area contributed by atoms with Crippen LogP contribution in [0.15, 0.2) is 22.7 Å². The molecule has 1 aliphatic rings. The Morgan fingerprint density at radius 1 is 1.38 bits per heavy atom. The van der Waals surface area contributed by atoms with Gasteiger partial charge in [-0.1, -0.05) is 19.8 Å². The summed E-state index contributed by atoms with van der Waals surface area (Å²) in [5, 5.41) is 0. The van der Waals surface area contributed by atoms with E-state index in [0.717, 1.165) is 42.1 Å². The molecule has 116 valence electrons. The van der Waals surface area contributed by atoms with Gasteiger partial charge in [-0.2, -0.15) is 0 Å². The van der Waals surface area contributed by atoms with Crippen molar-refractivity contribution in [1.82, 2.24) is 4.90 Å². The molecule has 0 saturated carbocycles. The van der Waals surface area contributed by atoms with Gasteiger partial charge < -0.3 is 9.64 Å². The first-order valence-corrected chi connectivity index (χ1v) is 8.57. The number of halogens is 1. The lowest BCUT2D eigenvalue weighted by atomic mass is 9.96. The van der Waals surface area contributed by atoms with Crippen molar-refractivity contribution < 1.29 is 9.53 Å². The summed E-state index contributed by atoms with van der Waals surface area (Å²) in [6, 6.07) is 5.56. The minimum Gasteiger partial charge on any atom is -0.497 e. The first-order chi connectivity index (χ1) is 10.2. The molecule has 1 aliphatic heterocycles. The maximum Gasteiger partial charge on any atom is 0.255 e. The smallest absolute Gasteiger partial charge is 0.255 e. The summed E-state index contributed by atoms with van der Waals surface area (Å²) in [5.74, 6) is 1.61. The van der Waals surface area contributed by atoms with Gasteiger partial charge in [-0.05, 0) is 59.3 Å². The number of hydrogen-bond acceptors (Lipinski definition) is 2. The average molecular weight is 354 g/mol. The summed E-state index contributed by atoms with van der Waals surface area (Å²) in [5.41, 5.74) is 0.697. The molecular weight excluding hydrogens is 330 g/mol. The molecule has 1 unspecified atom stereocenters. The van der Waals surface area contributed by atoms with Gasteiger partial charge in [-0.25, -0.2) is 0 Å². The van der Waals surface area contributed by atoms with Crippen molar-refractivity contribution in [3.63, 3.8) is 0 Å². The van der Waals surface area contributed by atoms with Crippen LogP contribution in [0.4, 0.5) is 0 Å². The van der Waals surface area contributed by atoms with E-state index in [-0.39, 0.29) is 5.91 Å². The molecule has 0 radical (unpaired) electrons. The predicted octanol–water partition coefficient (Wildman–Crippen LogP) is 4.50. The van der Waals surface area contributed by atoms with Gasteiger partial charge in [-0.15, -0.1) is 0 Å². The van der Waals surface area contributed by atoms with E-state index in [2.05, 4.69) is 22.9 Å². The molecule has 4 heteroatoms. The van der Waals surface area contributed by atoms with Crippen LogP contribution in [0.3, 0.4) is 0 Å². The quantitative estimate of drug-likeness (QED) is 0.797. The van der Waals surface area contributed by atoms with Gasteiger partial charge in [0.1, 0.15) is 5.75 Å². The van der Waals surface area contributed by atoms with E-state index in [1.807, 2.05) is 23.1 Å². The first-order valence-electron chi connectivity index (χ1n) is 7.78. The summed E-state index contributed by atoms with van der Waals surface area (Å²) in [6.07, 6.45) is 6.00. The normalized spacial score (nSPS) is 19.2. The van der Waals surface area contributed by atoms with Gasteiger partial charge in [-0.3, -0.25) is 4.79 Å². The van der Waals surface area contributed by atoms with E-state index in [9.17, 15) is 4.79 Å². The Morgan fingerprint density at radius 3 is 2.90 bits per heavy atom. The summed E-state index contributed by atoms with van der Waals surface area (Å²) in [6.45, 7) is 3.97. The molecule has 0 spiro atoms. The predicted molar refractivity (Wildman–Crippen MR) is 88.8 cm³/mol. The monoisotopic (exact) mass is 353 g/mol. The van der Waals surface area contributed by atoms with Crippen LogP contribution in [0.1, 0.15) is 49.4 Å². The Bertz CT molecular complexity index is 490. The number of methoxy groups -OCH3 is 1. The first kappa shape index (κ1) is 16.3. The van der Waals surface area contributed by atoms with Gasteiger partial charge in [0.25, 0.3) is 5.91 Å². The fraction of sp³-hybridized carbons (Fsp3) is 0.588. The second kappa shape index (κ2) is 7.83. The minimum absolute atomic E-state index is 0.109. The molecule has 1 aromatic rings. The molecule has 3 nitrogen and oxygen atoms in total.